The molecule has 0 atom stereocenters. The minimum Gasteiger partial charge on any atom is -0.870 e. The van der Waals surface area contributed by atoms with Gasteiger partial charge in [0.1, 0.15) is 0 Å². The molecule has 0 aliphatic carbocycles. The van der Waals surface area contributed by atoms with Crippen molar-refractivity contribution in [3.63, 3.8) is 0 Å². The maximum Gasteiger partial charge on any atom is 2.00 e. The maximum absolute atomic E-state index is 11.5. The number of hydrazone groups is 1. The summed E-state index contributed by atoms with van der Waals surface area (Å²) in [6.45, 7) is 1.19. The van der Waals surface area contributed by atoms with Gasteiger partial charge in [-0.3, -0.25) is 14.8 Å². The van der Waals surface area contributed by atoms with E-state index in [-0.39, 0.29) is 33.4 Å². The Morgan fingerprint density at radius 3 is 2.00 bits per heavy atom. The van der Waals surface area contributed by atoms with E-state index in [0.29, 0.717) is 5.56 Å². The third-order valence-electron chi connectivity index (χ3n) is 2.43. The fourth-order valence-corrected chi connectivity index (χ4v) is 1.39. The molecule has 0 aliphatic rings. The van der Waals surface area contributed by atoms with Crippen LogP contribution in [0.15, 0.2) is 83.2 Å². The molecule has 1 amide bonds. The van der Waals surface area contributed by atoms with E-state index in [1.165, 1.54) is 25.7 Å². The molecule has 0 fully saturated rings. The van der Waals surface area contributed by atoms with Gasteiger partial charge in [-0.05, 0) is 30.3 Å². The Labute approximate surface area is 177 Å². The number of carbonyl (C=O) groups is 2. The van der Waals surface area contributed by atoms with Gasteiger partial charge in [-0.15, -0.1) is 0 Å². The van der Waals surface area contributed by atoms with E-state index in [1.807, 2.05) is 18.2 Å². The molecule has 0 aromatic carbocycles. The summed E-state index contributed by atoms with van der Waals surface area (Å²) in [4.78, 5) is 28.2. The summed E-state index contributed by atoms with van der Waals surface area (Å²) in [5.74, 6) is -0.859. The molecule has 3 aromatic rings. The van der Waals surface area contributed by atoms with Crippen LogP contribution in [-0.4, -0.2) is 44.1 Å². The molecule has 0 aliphatic heterocycles. The number of furan rings is 1. The normalized spacial score (nSPS) is 8.31. The first-order valence-electron chi connectivity index (χ1n) is 7.42. The molecule has 29 heavy (non-hydrogen) atoms. The number of hydrogen-bond donors (Lipinski definition) is 1. The number of amides is 1. The monoisotopic (exact) mass is 447 g/mol. The predicted octanol–water partition coefficient (Wildman–Crippen LogP) is 1.42. The van der Waals surface area contributed by atoms with Crippen molar-refractivity contribution >= 4 is 18.1 Å². The van der Waals surface area contributed by atoms with E-state index in [1.54, 1.807) is 43.0 Å². The molecule has 0 spiro atoms. The van der Waals surface area contributed by atoms with E-state index in [9.17, 15) is 4.79 Å². The number of rotatable bonds is 3. The maximum atomic E-state index is 11.5. The molecule has 11 heteroatoms. The minimum atomic E-state index is -0.583. The molecule has 10 nitrogen and oxygen atoms in total. The van der Waals surface area contributed by atoms with Crippen LogP contribution in [0.1, 0.15) is 22.8 Å². The minimum absolute atomic E-state index is 0. The Kier molecular flexibility index (Phi) is 20.3. The van der Waals surface area contributed by atoms with Crippen LogP contribution < -0.4 is 5.43 Å². The number of nitrogens with one attached hydrogen (secondary N) is 1. The molecule has 3 rings (SSSR count). The molecule has 0 saturated heterocycles. The third kappa shape index (κ3) is 16.5. The molecule has 0 radical (unpaired) electrons. The summed E-state index contributed by atoms with van der Waals surface area (Å²) in [5.41, 5.74) is 3.70. The van der Waals surface area contributed by atoms with Crippen molar-refractivity contribution in [3.05, 3.63) is 84.8 Å². The Bertz CT molecular complexity index is 756. The van der Waals surface area contributed by atoms with E-state index in [0.717, 1.165) is 5.56 Å². The second-order valence-electron chi connectivity index (χ2n) is 4.57. The second kappa shape index (κ2) is 19.4. The van der Waals surface area contributed by atoms with Gasteiger partial charge in [0.2, 0.25) is 0 Å². The van der Waals surface area contributed by atoms with E-state index in [4.69, 9.17) is 14.3 Å². The van der Waals surface area contributed by atoms with Crippen molar-refractivity contribution in [3.8, 4) is 0 Å². The van der Waals surface area contributed by atoms with Gasteiger partial charge in [0.25, 0.3) is 5.91 Å². The average molecular weight is 448 g/mol. The number of nitrogens with zero attached hydrogens (tertiary/aromatic N) is 3. The summed E-state index contributed by atoms with van der Waals surface area (Å²) in [7, 11) is 0. The van der Waals surface area contributed by atoms with Crippen LogP contribution in [0.4, 0.5) is 0 Å². The quantitative estimate of drug-likeness (QED) is 0.272. The average Bonchev–Trinajstić information content (AvgIpc) is 3.17. The van der Waals surface area contributed by atoms with E-state index >= 15 is 0 Å². The van der Waals surface area contributed by atoms with Crippen molar-refractivity contribution in [2.45, 2.75) is 6.92 Å². The van der Waals surface area contributed by atoms with Gasteiger partial charge in [0.05, 0.1) is 25.7 Å². The van der Waals surface area contributed by atoms with Crippen molar-refractivity contribution in [1.29, 1.82) is 0 Å². The van der Waals surface area contributed by atoms with Gasteiger partial charge in [-0.25, -0.2) is 5.43 Å². The molecule has 0 bridgehead atoms. The fourth-order valence-electron chi connectivity index (χ4n) is 1.39. The Morgan fingerprint density at radius 2 is 1.59 bits per heavy atom. The Balaban J connectivity index is -0.000000439. The number of aromatic nitrogens is 2. The smallest absolute Gasteiger partial charge is 0.870 e. The number of pyridine rings is 2. The van der Waals surface area contributed by atoms with Gasteiger partial charge in [0.15, 0.2) is 0 Å². The standard InChI is InChI=1S/C11H9N3O2.C5H5N.C2H4O2.Ni.2H2O/c15-11(10-1-4-12-5-2-10)14-13-7-9-3-6-16-8-9;1-2-4-6-5-3-1;1-2(3)4;;;/h1-8H,(H,14,15);1-5H;1H3,(H,3,4);;2*1H2/q;;;+2;;/p-1. The topological polar surface area (TPSA) is 180 Å². The Morgan fingerprint density at radius 1 is 1.03 bits per heavy atom. The van der Waals surface area contributed by atoms with Crippen LogP contribution in [0.5, 0.6) is 0 Å². The van der Waals surface area contributed by atoms with Gasteiger partial charge in [-0.2, -0.15) is 5.10 Å². The molecule has 5 N–H and O–H groups in total. The van der Waals surface area contributed by atoms with Crippen LogP contribution in [0.3, 0.4) is 0 Å². The molecular weight excluding hydrogens is 427 g/mol. The SMILES string of the molecule is CC(=O)[OH2+].O=C(NN=Cc1ccoc1)c1ccncc1.[Ni+2].[OH-].[OH-].c1ccncc1. The van der Waals surface area contributed by atoms with Crippen molar-refractivity contribution < 1.29 is 46.6 Å². The van der Waals surface area contributed by atoms with Gasteiger partial charge >= 0.3 is 22.5 Å². The summed E-state index contributed by atoms with van der Waals surface area (Å²) >= 11 is 0. The van der Waals surface area contributed by atoms with Gasteiger partial charge in [-0.1, -0.05) is 6.07 Å². The van der Waals surface area contributed by atoms with Crippen LogP contribution in [-0.2, 0) is 21.3 Å². The molecule has 3 aromatic heterocycles. The van der Waals surface area contributed by atoms with Crippen LogP contribution >= 0.6 is 0 Å². The van der Waals surface area contributed by atoms with Crippen molar-refractivity contribution in [2.24, 2.45) is 5.10 Å². The summed E-state index contributed by atoms with van der Waals surface area (Å²) < 4.78 is 4.84. The molecule has 3 heterocycles. The zero-order valence-corrected chi connectivity index (χ0v) is 16.3. The summed E-state index contributed by atoms with van der Waals surface area (Å²) in [6.07, 6.45) is 11.2. The fraction of sp³-hybridized carbons (Fsp3) is 0.0556. The zero-order valence-electron chi connectivity index (χ0n) is 15.3. The summed E-state index contributed by atoms with van der Waals surface area (Å²) in [5, 5.41) is 9.73. The van der Waals surface area contributed by atoms with Gasteiger partial charge in [0, 0.05) is 40.7 Å². The van der Waals surface area contributed by atoms with Crippen molar-refractivity contribution in [1.82, 2.24) is 15.4 Å². The number of hydrogen-bond acceptors (Lipinski definition) is 8. The first-order valence-corrected chi connectivity index (χ1v) is 7.42. The van der Waals surface area contributed by atoms with E-state index < -0.39 is 5.97 Å². The predicted molar refractivity (Wildman–Crippen MR) is 100 cm³/mol. The molecular formula is C18H21N4NiO6+. The molecule has 0 saturated carbocycles. The molecule has 158 valence electrons. The third-order valence-corrected chi connectivity index (χ3v) is 2.43. The van der Waals surface area contributed by atoms with Crippen LogP contribution in [0, 0.1) is 0 Å². The van der Waals surface area contributed by atoms with E-state index in [2.05, 4.69) is 20.5 Å². The van der Waals surface area contributed by atoms with Crippen molar-refractivity contribution in [2.75, 3.05) is 0 Å². The zero-order chi connectivity index (χ0) is 19.0. The summed E-state index contributed by atoms with van der Waals surface area (Å²) in [6, 6.07) is 10.7. The van der Waals surface area contributed by atoms with Crippen LogP contribution in [0.25, 0.3) is 0 Å². The first kappa shape index (κ1) is 30.3. The van der Waals surface area contributed by atoms with Gasteiger partial charge < -0.3 is 20.5 Å². The van der Waals surface area contributed by atoms with Crippen LogP contribution in [0.2, 0.25) is 0 Å². The Hall–Kier alpha value is -3.40. The largest absolute Gasteiger partial charge is 2.00 e. The first-order chi connectivity index (χ1) is 12.6. The second-order valence-corrected chi connectivity index (χ2v) is 4.57. The number of carbonyl (C=O) groups excluding carboxylic acids is 2. The molecule has 0 unspecified atom stereocenters.